The van der Waals surface area contributed by atoms with Crippen molar-refractivity contribution in [2.24, 2.45) is 0 Å². The number of ether oxygens (including phenoxy) is 1. The van der Waals surface area contributed by atoms with Gasteiger partial charge in [0.15, 0.2) is 5.82 Å². The lowest BCUT2D eigenvalue weighted by molar-refractivity contribution is -0.131. The van der Waals surface area contributed by atoms with Crippen LogP contribution in [0.15, 0.2) is 6.33 Å². The van der Waals surface area contributed by atoms with Crippen molar-refractivity contribution in [3.63, 3.8) is 0 Å². The highest BCUT2D eigenvalue weighted by molar-refractivity contribution is 5.80. The lowest BCUT2D eigenvalue weighted by atomic mass is 10.3. The molecule has 1 aromatic rings. The van der Waals surface area contributed by atoms with Crippen LogP contribution in [0.4, 0.5) is 0 Å². The molecule has 1 atom stereocenters. The van der Waals surface area contributed by atoms with Crippen molar-refractivity contribution in [1.29, 1.82) is 0 Å². The Kier molecular flexibility index (Phi) is 5.62. The number of nitrogens with one attached hydrogen (secondary N) is 1. The summed E-state index contributed by atoms with van der Waals surface area (Å²) >= 11 is 0. The molecule has 1 N–H and O–H groups in total. The van der Waals surface area contributed by atoms with Gasteiger partial charge in [-0.25, -0.2) is 0 Å². The van der Waals surface area contributed by atoms with Gasteiger partial charge in [-0.3, -0.25) is 4.79 Å². The van der Waals surface area contributed by atoms with Gasteiger partial charge in [-0.2, -0.15) is 0 Å². The van der Waals surface area contributed by atoms with Crippen LogP contribution in [0.5, 0.6) is 0 Å². The van der Waals surface area contributed by atoms with Crippen molar-refractivity contribution >= 4 is 5.91 Å². The molecule has 0 saturated heterocycles. The number of hydrogen-bond donors (Lipinski definition) is 1. The monoisotopic (exact) mass is 240 g/mol. The molecule has 0 radical (unpaired) electrons. The normalized spacial score (nSPS) is 12.4. The van der Waals surface area contributed by atoms with E-state index in [4.69, 9.17) is 4.74 Å². The highest BCUT2D eigenvalue weighted by Gasteiger charge is 2.13. The number of carbonyl (C=O) groups excluding carboxylic acids is 1. The van der Waals surface area contributed by atoms with Crippen molar-refractivity contribution in [3.05, 3.63) is 12.2 Å². The largest absolute Gasteiger partial charge is 0.369 e. The number of rotatable bonds is 7. The first-order valence-electron chi connectivity index (χ1n) is 5.95. The Morgan fingerprint density at radius 3 is 3.00 bits per heavy atom. The molecular formula is C11H20N4O2. The first-order chi connectivity index (χ1) is 8.19. The fraction of sp³-hybridized carbons (Fsp3) is 0.727. The number of hydrogen-bond acceptors (Lipinski definition) is 4. The maximum atomic E-state index is 11.6. The minimum Gasteiger partial charge on any atom is -0.369 e. The van der Waals surface area contributed by atoms with Gasteiger partial charge in [-0.05, 0) is 20.3 Å². The van der Waals surface area contributed by atoms with E-state index in [2.05, 4.69) is 22.4 Å². The van der Waals surface area contributed by atoms with Crippen LogP contribution in [0.3, 0.4) is 0 Å². The van der Waals surface area contributed by atoms with Gasteiger partial charge in [0.1, 0.15) is 12.4 Å². The minimum atomic E-state index is -0.428. The molecule has 0 fully saturated rings. The van der Waals surface area contributed by atoms with E-state index in [1.807, 2.05) is 11.5 Å². The van der Waals surface area contributed by atoms with Gasteiger partial charge in [-0.1, -0.05) is 6.92 Å². The third-order valence-electron chi connectivity index (χ3n) is 2.37. The predicted octanol–water partition coefficient (Wildman–Crippen LogP) is 0.729. The molecular weight excluding hydrogens is 220 g/mol. The van der Waals surface area contributed by atoms with Gasteiger partial charge in [0.2, 0.25) is 5.91 Å². The molecule has 0 aromatic carbocycles. The second-order valence-electron chi connectivity index (χ2n) is 3.76. The van der Waals surface area contributed by atoms with Crippen molar-refractivity contribution in [1.82, 2.24) is 20.1 Å². The smallest absolute Gasteiger partial charge is 0.249 e. The van der Waals surface area contributed by atoms with Gasteiger partial charge in [-0.15, -0.1) is 10.2 Å². The molecule has 0 aliphatic carbocycles. The number of aryl methyl sites for hydroxylation is 1. The standard InChI is InChI=1S/C11H20N4O2/c1-4-6-15-8-13-14-10(15)7-12-11(16)9(3)17-5-2/h8-9H,4-7H2,1-3H3,(H,12,16). The Hall–Kier alpha value is -1.43. The second-order valence-corrected chi connectivity index (χ2v) is 3.76. The van der Waals surface area contributed by atoms with Crippen LogP contribution in [-0.2, 0) is 22.6 Å². The maximum absolute atomic E-state index is 11.6. The highest BCUT2D eigenvalue weighted by Crippen LogP contribution is 1.98. The average molecular weight is 240 g/mol. The van der Waals surface area contributed by atoms with Crippen LogP contribution in [0.1, 0.15) is 33.0 Å². The van der Waals surface area contributed by atoms with E-state index in [1.165, 1.54) is 0 Å². The number of aromatic nitrogens is 3. The maximum Gasteiger partial charge on any atom is 0.249 e. The SMILES string of the molecule is CCCn1cnnc1CNC(=O)C(C)OCC. The molecule has 1 aromatic heterocycles. The van der Waals surface area contributed by atoms with Crippen molar-refractivity contribution in [3.8, 4) is 0 Å². The van der Waals surface area contributed by atoms with Gasteiger partial charge in [0.25, 0.3) is 0 Å². The van der Waals surface area contributed by atoms with E-state index in [-0.39, 0.29) is 5.91 Å². The summed E-state index contributed by atoms with van der Waals surface area (Å²) in [6.45, 7) is 7.45. The van der Waals surface area contributed by atoms with Crippen LogP contribution >= 0.6 is 0 Å². The van der Waals surface area contributed by atoms with E-state index in [1.54, 1.807) is 13.3 Å². The Labute approximate surface area is 101 Å². The summed E-state index contributed by atoms with van der Waals surface area (Å²) < 4.78 is 7.13. The zero-order valence-corrected chi connectivity index (χ0v) is 10.6. The minimum absolute atomic E-state index is 0.127. The molecule has 6 nitrogen and oxygen atoms in total. The second kappa shape index (κ2) is 7.01. The van der Waals surface area contributed by atoms with E-state index < -0.39 is 6.10 Å². The van der Waals surface area contributed by atoms with Gasteiger partial charge in [0.05, 0.1) is 6.54 Å². The van der Waals surface area contributed by atoms with Crippen LogP contribution in [0, 0.1) is 0 Å². The van der Waals surface area contributed by atoms with Gasteiger partial charge >= 0.3 is 0 Å². The Bertz CT molecular complexity index is 351. The molecule has 1 amide bonds. The summed E-state index contributed by atoms with van der Waals surface area (Å²) in [5.74, 6) is 0.641. The van der Waals surface area contributed by atoms with Crippen molar-refractivity contribution in [2.45, 2.75) is 46.4 Å². The summed E-state index contributed by atoms with van der Waals surface area (Å²) in [4.78, 5) is 11.6. The van der Waals surface area contributed by atoms with Crippen LogP contribution in [0.2, 0.25) is 0 Å². The highest BCUT2D eigenvalue weighted by atomic mass is 16.5. The fourth-order valence-corrected chi connectivity index (χ4v) is 1.48. The summed E-state index contributed by atoms with van der Waals surface area (Å²) in [5, 5.41) is 10.6. The topological polar surface area (TPSA) is 69.0 Å². The van der Waals surface area contributed by atoms with E-state index in [0.717, 1.165) is 18.8 Å². The van der Waals surface area contributed by atoms with Crippen molar-refractivity contribution < 1.29 is 9.53 Å². The molecule has 0 aliphatic heterocycles. The van der Waals surface area contributed by atoms with E-state index in [9.17, 15) is 4.79 Å². The third kappa shape index (κ3) is 4.14. The first-order valence-corrected chi connectivity index (χ1v) is 5.95. The molecule has 1 rings (SSSR count). The van der Waals surface area contributed by atoms with E-state index in [0.29, 0.717) is 13.2 Å². The molecule has 1 heterocycles. The third-order valence-corrected chi connectivity index (χ3v) is 2.37. The van der Waals surface area contributed by atoms with Crippen LogP contribution in [-0.4, -0.2) is 33.4 Å². The van der Waals surface area contributed by atoms with Crippen molar-refractivity contribution in [2.75, 3.05) is 6.61 Å². The van der Waals surface area contributed by atoms with Crippen LogP contribution < -0.4 is 5.32 Å². The lowest BCUT2D eigenvalue weighted by Gasteiger charge is -2.12. The average Bonchev–Trinajstić information content (AvgIpc) is 2.74. The molecule has 1 unspecified atom stereocenters. The summed E-state index contributed by atoms with van der Waals surface area (Å²) in [5.41, 5.74) is 0. The lowest BCUT2D eigenvalue weighted by Crippen LogP contribution is -2.34. The van der Waals surface area contributed by atoms with Gasteiger partial charge < -0.3 is 14.6 Å². The quantitative estimate of drug-likeness (QED) is 0.762. The number of carbonyl (C=O) groups is 1. The molecule has 0 spiro atoms. The van der Waals surface area contributed by atoms with Crippen LogP contribution in [0.25, 0.3) is 0 Å². The van der Waals surface area contributed by atoms with E-state index >= 15 is 0 Å². The Morgan fingerprint density at radius 2 is 2.35 bits per heavy atom. The summed E-state index contributed by atoms with van der Waals surface area (Å²) in [6.07, 6.45) is 2.26. The molecule has 0 saturated carbocycles. The Morgan fingerprint density at radius 1 is 1.59 bits per heavy atom. The molecule has 6 heteroatoms. The van der Waals surface area contributed by atoms with Gasteiger partial charge in [0, 0.05) is 13.2 Å². The predicted molar refractivity (Wildman–Crippen MR) is 63.2 cm³/mol. The zero-order valence-electron chi connectivity index (χ0n) is 10.6. The summed E-state index contributed by atoms with van der Waals surface area (Å²) in [7, 11) is 0. The molecule has 0 bridgehead atoms. The fourth-order valence-electron chi connectivity index (χ4n) is 1.48. The number of nitrogens with zero attached hydrogens (tertiary/aromatic N) is 3. The Balaban J connectivity index is 2.44. The first kappa shape index (κ1) is 13.6. The summed E-state index contributed by atoms with van der Waals surface area (Å²) in [6, 6.07) is 0. The molecule has 0 aliphatic rings. The zero-order chi connectivity index (χ0) is 12.7. The molecule has 96 valence electrons. The molecule has 17 heavy (non-hydrogen) atoms. The number of amides is 1.